The van der Waals surface area contributed by atoms with E-state index in [1.807, 2.05) is 31.2 Å². The van der Waals surface area contributed by atoms with Crippen molar-refractivity contribution in [3.05, 3.63) is 42.5 Å². The van der Waals surface area contributed by atoms with Gasteiger partial charge in [0.1, 0.15) is 17.2 Å². The number of anilines is 2. The summed E-state index contributed by atoms with van der Waals surface area (Å²) >= 11 is 0. The molecule has 2 aromatic rings. The van der Waals surface area contributed by atoms with Crippen LogP contribution in [0.3, 0.4) is 0 Å². The average Bonchev–Trinajstić information content (AvgIpc) is 3.08. The van der Waals surface area contributed by atoms with Crippen molar-refractivity contribution in [1.82, 2.24) is 5.32 Å². The molecule has 3 rings (SSSR count). The van der Waals surface area contributed by atoms with Crippen molar-refractivity contribution in [3.63, 3.8) is 0 Å². The summed E-state index contributed by atoms with van der Waals surface area (Å²) in [6.45, 7) is 2.91. The molecule has 0 unspecified atom stereocenters. The van der Waals surface area contributed by atoms with Crippen molar-refractivity contribution in [2.75, 3.05) is 37.6 Å². The monoisotopic (exact) mass is 399 g/mol. The van der Waals surface area contributed by atoms with Crippen LogP contribution in [0.15, 0.2) is 42.5 Å². The first kappa shape index (κ1) is 20.3. The number of urea groups is 1. The van der Waals surface area contributed by atoms with Crippen LogP contribution in [0.1, 0.15) is 13.3 Å². The molecule has 1 fully saturated rings. The van der Waals surface area contributed by atoms with Crippen LogP contribution < -0.4 is 29.7 Å². The van der Waals surface area contributed by atoms with E-state index in [1.54, 1.807) is 30.2 Å². The minimum absolute atomic E-state index is 0.0403. The molecule has 1 heterocycles. The Balaban J connectivity index is 1.60. The second-order valence-corrected chi connectivity index (χ2v) is 6.50. The van der Waals surface area contributed by atoms with Gasteiger partial charge in [0.2, 0.25) is 5.91 Å². The van der Waals surface area contributed by atoms with E-state index < -0.39 is 6.03 Å². The molecule has 0 aliphatic carbocycles. The zero-order valence-electron chi connectivity index (χ0n) is 16.7. The van der Waals surface area contributed by atoms with Gasteiger partial charge < -0.3 is 29.7 Å². The SMILES string of the molecule is CCOc1ccc(N2C[C@@H](NC(=O)Nc3ccc(OC)cc3OC)CC2=O)cc1. The van der Waals surface area contributed by atoms with Crippen LogP contribution in [0.4, 0.5) is 16.2 Å². The third kappa shape index (κ3) is 4.90. The van der Waals surface area contributed by atoms with E-state index in [0.717, 1.165) is 11.4 Å². The fraction of sp³-hybridized carbons (Fsp3) is 0.333. The number of benzene rings is 2. The lowest BCUT2D eigenvalue weighted by atomic mass is 10.2. The van der Waals surface area contributed by atoms with E-state index in [1.165, 1.54) is 7.11 Å². The number of carbonyl (C=O) groups is 2. The fourth-order valence-corrected chi connectivity index (χ4v) is 3.19. The van der Waals surface area contributed by atoms with Crippen molar-refractivity contribution >= 4 is 23.3 Å². The fourth-order valence-electron chi connectivity index (χ4n) is 3.19. The van der Waals surface area contributed by atoms with Crippen molar-refractivity contribution in [3.8, 4) is 17.2 Å². The zero-order chi connectivity index (χ0) is 20.8. The maximum atomic E-state index is 12.4. The summed E-state index contributed by atoms with van der Waals surface area (Å²) in [4.78, 5) is 26.5. The van der Waals surface area contributed by atoms with Crippen molar-refractivity contribution in [1.29, 1.82) is 0 Å². The maximum absolute atomic E-state index is 12.4. The maximum Gasteiger partial charge on any atom is 0.319 e. The van der Waals surface area contributed by atoms with Crippen molar-refractivity contribution < 1.29 is 23.8 Å². The van der Waals surface area contributed by atoms with Crippen LogP contribution in [0, 0.1) is 0 Å². The first-order chi connectivity index (χ1) is 14.0. The highest BCUT2D eigenvalue weighted by Crippen LogP contribution is 2.29. The van der Waals surface area contributed by atoms with Crippen LogP contribution in [0.5, 0.6) is 17.2 Å². The van der Waals surface area contributed by atoms with E-state index in [-0.39, 0.29) is 18.4 Å². The van der Waals surface area contributed by atoms with Gasteiger partial charge in [-0.05, 0) is 43.3 Å². The van der Waals surface area contributed by atoms with E-state index in [4.69, 9.17) is 14.2 Å². The Kier molecular flexibility index (Phi) is 6.43. The molecule has 1 aliphatic rings. The van der Waals surface area contributed by atoms with Gasteiger partial charge in [-0.2, -0.15) is 0 Å². The van der Waals surface area contributed by atoms with Crippen LogP contribution in [0.2, 0.25) is 0 Å². The molecule has 3 amide bonds. The molecule has 0 saturated carbocycles. The van der Waals surface area contributed by atoms with Gasteiger partial charge in [-0.3, -0.25) is 4.79 Å². The predicted octanol–water partition coefficient (Wildman–Crippen LogP) is 3.03. The summed E-state index contributed by atoms with van der Waals surface area (Å²) in [5.74, 6) is 1.82. The lowest BCUT2D eigenvalue weighted by molar-refractivity contribution is -0.117. The van der Waals surface area contributed by atoms with Crippen molar-refractivity contribution in [2.45, 2.75) is 19.4 Å². The van der Waals surface area contributed by atoms with Crippen LogP contribution in [-0.2, 0) is 4.79 Å². The molecule has 0 radical (unpaired) electrons. The number of ether oxygens (including phenoxy) is 3. The highest BCUT2D eigenvalue weighted by atomic mass is 16.5. The van der Waals surface area contributed by atoms with Gasteiger partial charge in [0.05, 0.1) is 32.6 Å². The molecule has 0 spiro atoms. The highest BCUT2D eigenvalue weighted by molar-refractivity contribution is 5.98. The van der Waals surface area contributed by atoms with Gasteiger partial charge in [0, 0.05) is 24.7 Å². The summed E-state index contributed by atoms with van der Waals surface area (Å²) in [6.07, 6.45) is 0.236. The summed E-state index contributed by atoms with van der Waals surface area (Å²) in [6, 6.07) is 11.8. The number of hydrogen-bond acceptors (Lipinski definition) is 5. The Morgan fingerprint density at radius 3 is 2.48 bits per heavy atom. The van der Waals surface area contributed by atoms with Gasteiger partial charge in [-0.15, -0.1) is 0 Å². The Morgan fingerprint density at radius 1 is 1.10 bits per heavy atom. The number of amides is 3. The first-order valence-corrected chi connectivity index (χ1v) is 9.36. The number of carbonyl (C=O) groups excluding carboxylic acids is 2. The lowest BCUT2D eigenvalue weighted by Crippen LogP contribution is -2.39. The topological polar surface area (TPSA) is 89.1 Å². The standard InChI is InChI=1S/C21H25N3O5/c1-4-29-16-7-5-15(6-8-16)24-13-14(11-20(24)25)22-21(26)23-18-10-9-17(27-2)12-19(18)28-3/h5-10,12,14H,4,11,13H2,1-3H3,(H2,22,23,26)/t14-/m0/s1. The van der Waals surface area contributed by atoms with Gasteiger partial charge in [0.25, 0.3) is 0 Å². The Hall–Kier alpha value is -3.42. The third-order valence-corrected chi connectivity index (χ3v) is 4.58. The summed E-state index contributed by atoms with van der Waals surface area (Å²) < 4.78 is 15.9. The van der Waals surface area contributed by atoms with Crippen LogP contribution in [0.25, 0.3) is 0 Å². The Morgan fingerprint density at radius 2 is 1.83 bits per heavy atom. The Labute approximate surface area is 169 Å². The molecular formula is C21H25N3O5. The first-order valence-electron chi connectivity index (χ1n) is 9.36. The molecule has 1 atom stereocenters. The zero-order valence-corrected chi connectivity index (χ0v) is 16.7. The number of hydrogen-bond donors (Lipinski definition) is 2. The molecule has 8 nitrogen and oxygen atoms in total. The third-order valence-electron chi connectivity index (χ3n) is 4.58. The van der Waals surface area contributed by atoms with E-state index >= 15 is 0 Å². The summed E-state index contributed by atoms with van der Waals surface area (Å²) in [5, 5.41) is 5.60. The second-order valence-electron chi connectivity index (χ2n) is 6.50. The normalized spacial score (nSPS) is 15.8. The molecule has 0 aromatic heterocycles. The largest absolute Gasteiger partial charge is 0.497 e. The molecular weight excluding hydrogens is 374 g/mol. The van der Waals surface area contributed by atoms with Gasteiger partial charge in [0.15, 0.2) is 0 Å². The summed E-state index contributed by atoms with van der Waals surface area (Å²) in [5.41, 5.74) is 1.29. The predicted molar refractivity (Wildman–Crippen MR) is 110 cm³/mol. The number of nitrogens with one attached hydrogen (secondary N) is 2. The molecule has 8 heteroatoms. The average molecular weight is 399 g/mol. The highest BCUT2D eigenvalue weighted by Gasteiger charge is 2.31. The minimum atomic E-state index is -0.403. The van der Waals surface area contributed by atoms with E-state index in [9.17, 15) is 9.59 Å². The molecule has 2 aromatic carbocycles. The minimum Gasteiger partial charge on any atom is -0.497 e. The Bertz CT molecular complexity index is 869. The molecule has 0 bridgehead atoms. The van der Waals surface area contributed by atoms with Gasteiger partial charge >= 0.3 is 6.03 Å². The van der Waals surface area contributed by atoms with Gasteiger partial charge in [-0.1, -0.05) is 0 Å². The molecule has 154 valence electrons. The van der Waals surface area contributed by atoms with Crippen LogP contribution in [-0.4, -0.2) is 45.4 Å². The van der Waals surface area contributed by atoms with E-state index in [2.05, 4.69) is 10.6 Å². The number of nitrogens with zero attached hydrogens (tertiary/aromatic N) is 1. The summed E-state index contributed by atoms with van der Waals surface area (Å²) in [7, 11) is 3.07. The smallest absolute Gasteiger partial charge is 0.319 e. The number of rotatable bonds is 7. The van der Waals surface area contributed by atoms with Crippen molar-refractivity contribution in [2.24, 2.45) is 0 Å². The molecule has 1 aliphatic heterocycles. The van der Waals surface area contributed by atoms with E-state index in [0.29, 0.717) is 30.3 Å². The van der Waals surface area contributed by atoms with Crippen LogP contribution >= 0.6 is 0 Å². The molecule has 29 heavy (non-hydrogen) atoms. The molecule has 1 saturated heterocycles. The van der Waals surface area contributed by atoms with Gasteiger partial charge in [-0.25, -0.2) is 4.79 Å². The molecule has 2 N–H and O–H groups in total. The second kappa shape index (κ2) is 9.18. The lowest BCUT2D eigenvalue weighted by Gasteiger charge is -2.18. The quantitative estimate of drug-likeness (QED) is 0.747. The number of methoxy groups -OCH3 is 2.